The van der Waals surface area contributed by atoms with Gasteiger partial charge in [0.15, 0.2) is 5.16 Å². The SMILES string of the molecule is CC1CCCc2sc3c(c21)c(=O)n(-c1ccccc1)c1nnc(SCCc2ccccc2)n31. The highest BCUT2D eigenvalue weighted by Gasteiger charge is 2.28. The second-order valence-electron chi connectivity index (χ2n) is 8.59. The second kappa shape index (κ2) is 8.47. The van der Waals surface area contributed by atoms with Crippen molar-refractivity contribution in [3.8, 4) is 5.69 Å². The van der Waals surface area contributed by atoms with Gasteiger partial charge in [-0.1, -0.05) is 67.2 Å². The third kappa shape index (κ3) is 3.50. The maximum Gasteiger partial charge on any atom is 0.268 e. The molecule has 1 aliphatic rings. The lowest BCUT2D eigenvalue weighted by molar-refractivity contribution is 0.601. The lowest BCUT2D eigenvalue weighted by atomic mass is 9.88. The topological polar surface area (TPSA) is 52.2 Å². The molecule has 0 saturated carbocycles. The maximum absolute atomic E-state index is 13.9. The Labute approximate surface area is 200 Å². The van der Waals surface area contributed by atoms with Crippen LogP contribution in [-0.2, 0) is 12.8 Å². The second-order valence-corrected chi connectivity index (χ2v) is 10.7. The lowest BCUT2D eigenvalue weighted by Gasteiger charge is -2.18. The first kappa shape index (κ1) is 20.7. The number of fused-ring (bicyclic) bond motifs is 5. The molecule has 2 aromatic carbocycles. The summed E-state index contributed by atoms with van der Waals surface area (Å²) in [6, 6.07) is 20.3. The standard InChI is InChI=1S/C26H24N4OS2/c1-17-9-8-14-20-21(17)22-23(31)29(19-12-6-3-7-13-19)25-27-28-26(30(25)24(22)33-20)32-16-15-18-10-4-2-5-11-18/h2-7,10-13,17H,8-9,14-16H2,1H3. The van der Waals surface area contributed by atoms with E-state index in [0.29, 0.717) is 11.7 Å². The van der Waals surface area contributed by atoms with Crippen LogP contribution in [0.4, 0.5) is 0 Å². The molecule has 7 heteroatoms. The van der Waals surface area contributed by atoms with Crippen LogP contribution >= 0.6 is 23.1 Å². The number of thiophene rings is 1. The number of para-hydroxylation sites is 1. The molecule has 0 amide bonds. The van der Waals surface area contributed by atoms with Crippen LogP contribution in [0.5, 0.6) is 0 Å². The third-order valence-corrected chi connectivity index (χ3v) is 8.63. The van der Waals surface area contributed by atoms with Crippen LogP contribution < -0.4 is 5.56 Å². The maximum atomic E-state index is 13.9. The van der Waals surface area contributed by atoms with Crippen molar-refractivity contribution in [2.75, 3.05) is 5.75 Å². The molecule has 1 atom stereocenters. The summed E-state index contributed by atoms with van der Waals surface area (Å²) in [6.07, 6.45) is 4.31. The summed E-state index contributed by atoms with van der Waals surface area (Å²) in [7, 11) is 0. The summed E-state index contributed by atoms with van der Waals surface area (Å²) < 4.78 is 3.86. The van der Waals surface area contributed by atoms with E-state index in [2.05, 4.69) is 45.8 Å². The van der Waals surface area contributed by atoms with Gasteiger partial charge in [-0.3, -0.25) is 4.79 Å². The van der Waals surface area contributed by atoms with Crippen molar-refractivity contribution in [3.63, 3.8) is 0 Å². The first-order valence-corrected chi connectivity index (χ1v) is 13.2. The van der Waals surface area contributed by atoms with Gasteiger partial charge in [-0.25, -0.2) is 8.97 Å². The number of hydrogen-bond donors (Lipinski definition) is 0. The van der Waals surface area contributed by atoms with E-state index in [1.807, 2.05) is 36.4 Å². The van der Waals surface area contributed by atoms with Gasteiger partial charge in [0.2, 0.25) is 5.78 Å². The number of thioether (sulfide) groups is 1. The zero-order chi connectivity index (χ0) is 22.4. The van der Waals surface area contributed by atoms with E-state index in [-0.39, 0.29) is 5.56 Å². The Morgan fingerprint density at radius 1 is 1.06 bits per heavy atom. The molecule has 0 spiro atoms. The first-order valence-electron chi connectivity index (χ1n) is 11.4. The molecular formula is C26H24N4OS2. The number of aryl methyl sites for hydroxylation is 2. The molecule has 3 heterocycles. The van der Waals surface area contributed by atoms with Gasteiger partial charge in [0.1, 0.15) is 4.83 Å². The fourth-order valence-electron chi connectivity index (χ4n) is 4.86. The minimum atomic E-state index is 0.0168. The molecule has 1 unspecified atom stereocenters. The molecule has 0 bridgehead atoms. The summed E-state index contributed by atoms with van der Waals surface area (Å²) >= 11 is 3.46. The Balaban J connectivity index is 1.55. The van der Waals surface area contributed by atoms with Gasteiger partial charge in [0.05, 0.1) is 11.1 Å². The van der Waals surface area contributed by atoms with Gasteiger partial charge < -0.3 is 0 Å². The Kier molecular flexibility index (Phi) is 5.31. The Hall–Kier alpha value is -2.90. The van der Waals surface area contributed by atoms with Crippen LogP contribution in [0.1, 0.15) is 41.7 Å². The number of nitrogens with zero attached hydrogens (tertiary/aromatic N) is 4. The number of benzene rings is 2. The van der Waals surface area contributed by atoms with Crippen molar-refractivity contribution >= 4 is 39.1 Å². The van der Waals surface area contributed by atoms with E-state index in [4.69, 9.17) is 0 Å². The van der Waals surface area contributed by atoms with Gasteiger partial charge in [-0.05, 0) is 54.9 Å². The predicted molar refractivity (Wildman–Crippen MR) is 136 cm³/mol. The summed E-state index contributed by atoms with van der Waals surface area (Å²) in [5.74, 6) is 1.88. The van der Waals surface area contributed by atoms with E-state index in [0.717, 1.165) is 46.1 Å². The molecule has 0 fully saturated rings. The molecule has 3 aromatic heterocycles. The van der Waals surface area contributed by atoms with Crippen molar-refractivity contribution in [3.05, 3.63) is 87.0 Å². The molecule has 5 nitrogen and oxygen atoms in total. The highest BCUT2D eigenvalue weighted by molar-refractivity contribution is 7.99. The summed E-state index contributed by atoms with van der Waals surface area (Å²) in [6.45, 7) is 2.25. The Bertz CT molecular complexity index is 1500. The summed E-state index contributed by atoms with van der Waals surface area (Å²) in [4.78, 5) is 16.3. The van der Waals surface area contributed by atoms with Crippen LogP contribution in [0.15, 0.2) is 70.6 Å². The Morgan fingerprint density at radius 2 is 1.82 bits per heavy atom. The van der Waals surface area contributed by atoms with Crippen LogP contribution in [0.25, 0.3) is 21.7 Å². The third-order valence-electron chi connectivity index (χ3n) is 6.45. The van der Waals surface area contributed by atoms with Crippen molar-refractivity contribution in [2.45, 2.75) is 43.7 Å². The number of hydrogen-bond acceptors (Lipinski definition) is 5. The van der Waals surface area contributed by atoms with Crippen molar-refractivity contribution in [1.29, 1.82) is 0 Å². The fraction of sp³-hybridized carbons (Fsp3) is 0.269. The molecular weight excluding hydrogens is 448 g/mol. The van der Waals surface area contributed by atoms with Crippen LogP contribution in [0.3, 0.4) is 0 Å². The van der Waals surface area contributed by atoms with Gasteiger partial charge in [-0.15, -0.1) is 21.5 Å². The number of aromatic nitrogens is 4. The van der Waals surface area contributed by atoms with Gasteiger partial charge in [0, 0.05) is 10.6 Å². The monoisotopic (exact) mass is 472 g/mol. The largest absolute Gasteiger partial charge is 0.268 e. The summed E-state index contributed by atoms with van der Waals surface area (Å²) in [5.41, 5.74) is 3.39. The number of rotatable bonds is 5. The zero-order valence-electron chi connectivity index (χ0n) is 18.4. The van der Waals surface area contributed by atoms with E-state index in [1.165, 1.54) is 22.4 Å². The average molecular weight is 473 g/mol. The van der Waals surface area contributed by atoms with E-state index in [9.17, 15) is 4.79 Å². The summed E-state index contributed by atoms with van der Waals surface area (Å²) in [5, 5.41) is 10.8. The van der Waals surface area contributed by atoms with Crippen LogP contribution in [0.2, 0.25) is 0 Å². The molecule has 5 aromatic rings. The average Bonchev–Trinajstić information content (AvgIpc) is 3.43. The van der Waals surface area contributed by atoms with E-state index >= 15 is 0 Å². The normalized spacial score (nSPS) is 15.8. The molecule has 0 N–H and O–H groups in total. The van der Waals surface area contributed by atoms with Gasteiger partial charge >= 0.3 is 0 Å². The molecule has 0 aliphatic heterocycles. The minimum Gasteiger partial charge on any atom is -0.268 e. The zero-order valence-corrected chi connectivity index (χ0v) is 20.0. The van der Waals surface area contributed by atoms with Crippen molar-refractivity contribution < 1.29 is 0 Å². The van der Waals surface area contributed by atoms with Gasteiger partial charge in [0.25, 0.3) is 5.56 Å². The highest BCUT2D eigenvalue weighted by atomic mass is 32.2. The fourth-order valence-corrected chi connectivity index (χ4v) is 7.29. The van der Waals surface area contributed by atoms with Crippen LogP contribution in [-0.4, -0.2) is 24.9 Å². The molecule has 33 heavy (non-hydrogen) atoms. The molecule has 0 radical (unpaired) electrons. The first-order chi connectivity index (χ1) is 16.2. The molecule has 166 valence electrons. The molecule has 6 rings (SSSR count). The van der Waals surface area contributed by atoms with E-state index < -0.39 is 0 Å². The highest BCUT2D eigenvalue weighted by Crippen LogP contribution is 2.41. The minimum absolute atomic E-state index is 0.0168. The van der Waals surface area contributed by atoms with Crippen molar-refractivity contribution in [2.24, 2.45) is 0 Å². The van der Waals surface area contributed by atoms with Gasteiger partial charge in [-0.2, -0.15) is 0 Å². The predicted octanol–water partition coefficient (Wildman–Crippen LogP) is 5.87. The lowest BCUT2D eigenvalue weighted by Crippen LogP contribution is -2.22. The van der Waals surface area contributed by atoms with Crippen molar-refractivity contribution in [1.82, 2.24) is 19.2 Å². The Morgan fingerprint density at radius 3 is 2.61 bits per heavy atom. The smallest absolute Gasteiger partial charge is 0.268 e. The van der Waals surface area contributed by atoms with E-state index in [1.54, 1.807) is 27.7 Å². The van der Waals surface area contributed by atoms with Crippen LogP contribution in [0, 0.1) is 0 Å². The quantitative estimate of drug-likeness (QED) is 0.300. The molecule has 0 saturated heterocycles. The molecule has 1 aliphatic carbocycles.